The van der Waals surface area contributed by atoms with E-state index < -0.39 is 5.97 Å². The maximum atomic E-state index is 12.7. The molecule has 4 aromatic rings. The zero-order valence-corrected chi connectivity index (χ0v) is 17.9. The van der Waals surface area contributed by atoms with Gasteiger partial charge in [-0.1, -0.05) is 22.8 Å². The highest BCUT2D eigenvalue weighted by Crippen LogP contribution is 2.32. The number of aromatic nitrogens is 3. The van der Waals surface area contributed by atoms with Gasteiger partial charge in [0.2, 0.25) is 5.82 Å². The van der Waals surface area contributed by atoms with Gasteiger partial charge in [0.05, 0.1) is 33.4 Å². The monoisotopic (exact) mass is 460 g/mol. The fourth-order valence-corrected chi connectivity index (χ4v) is 4.20. The van der Waals surface area contributed by atoms with Crippen LogP contribution in [0.1, 0.15) is 26.7 Å². The largest absolute Gasteiger partial charge is 0.475 e. The first kappa shape index (κ1) is 21.0. The van der Waals surface area contributed by atoms with Crippen LogP contribution in [0.25, 0.3) is 21.7 Å². The molecule has 31 heavy (non-hydrogen) atoms. The van der Waals surface area contributed by atoms with E-state index in [2.05, 4.69) is 10.1 Å². The third-order valence-corrected chi connectivity index (χ3v) is 5.92. The van der Waals surface area contributed by atoms with Crippen LogP contribution >= 0.6 is 22.9 Å². The van der Waals surface area contributed by atoms with Gasteiger partial charge in [0.15, 0.2) is 5.76 Å². The summed E-state index contributed by atoms with van der Waals surface area (Å²) in [6.45, 7) is 0.0536. The number of halogens is 1. The summed E-state index contributed by atoms with van der Waals surface area (Å²) in [5, 5.41) is 22.8. The number of carbonyl (C=O) groups is 2. The number of aromatic carboxylic acids is 1. The Morgan fingerprint density at radius 2 is 2.10 bits per heavy atom. The molecular formula is C20H17ClN4O5S. The van der Waals surface area contributed by atoms with Crippen LogP contribution in [-0.4, -0.2) is 61.9 Å². The SMILES string of the molecule is CN(CCO)C(=O)c1cccc2c1nc(C(=O)O)n2Cc1cc(-c2ccc(Cl)s2)on1. The van der Waals surface area contributed by atoms with Crippen molar-refractivity contribution < 1.29 is 24.3 Å². The van der Waals surface area contributed by atoms with Gasteiger partial charge in [0.25, 0.3) is 5.91 Å². The summed E-state index contributed by atoms with van der Waals surface area (Å²) in [6, 6.07) is 10.2. The molecular weight excluding hydrogens is 444 g/mol. The van der Waals surface area contributed by atoms with Crippen molar-refractivity contribution in [3.8, 4) is 10.6 Å². The number of amides is 1. The van der Waals surface area contributed by atoms with E-state index in [1.54, 1.807) is 37.4 Å². The van der Waals surface area contributed by atoms with E-state index in [4.69, 9.17) is 21.2 Å². The first-order valence-electron chi connectivity index (χ1n) is 9.19. The van der Waals surface area contributed by atoms with Gasteiger partial charge in [-0.25, -0.2) is 9.78 Å². The number of hydrogen-bond acceptors (Lipinski definition) is 7. The minimum atomic E-state index is -1.23. The van der Waals surface area contributed by atoms with Gasteiger partial charge in [-0.15, -0.1) is 11.3 Å². The second-order valence-corrected chi connectivity index (χ2v) is 8.45. The summed E-state index contributed by atoms with van der Waals surface area (Å²) in [4.78, 5) is 31.0. The predicted molar refractivity (Wildman–Crippen MR) is 115 cm³/mol. The lowest BCUT2D eigenvalue weighted by Gasteiger charge is -2.15. The van der Waals surface area contributed by atoms with Crippen molar-refractivity contribution in [3.63, 3.8) is 0 Å². The molecule has 9 nitrogen and oxygen atoms in total. The number of aliphatic hydroxyl groups is 1. The fraction of sp³-hybridized carbons (Fsp3) is 0.200. The molecule has 0 aliphatic carbocycles. The van der Waals surface area contributed by atoms with Crippen LogP contribution in [-0.2, 0) is 6.54 Å². The molecule has 1 aromatic carbocycles. The molecule has 0 unspecified atom stereocenters. The average Bonchev–Trinajstić information content (AvgIpc) is 3.46. The summed E-state index contributed by atoms with van der Waals surface area (Å²) >= 11 is 7.31. The highest BCUT2D eigenvalue weighted by atomic mass is 35.5. The minimum Gasteiger partial charge on any atom is -0.475 e. The molecule has 3 heterocycles. The summed E-state index contributed by atoms with van der Waals surface area (Å²) in [6.07, 6.45) is 0. The molecule has 0 saturated heterocycles. The summed E-state index contributed by atoms with van der Waals surface area (Å²) in [5.41, 5.74) is 1.49. The molecule has 0 atom stereocenters. The molecule has 0 bridgehead atoms. The smallest absolute Gasteiger partial charge is 0.372 e. The van der Waals surface area contributed by atoms with E-state index in [9.17, 15) is 14.7 Å². The number of rotatable bonds is 7. The Hall–Kier alpha value is -3.21. The van der Waals surface area contributed by atoms with Crippen molar-refractivity contribution in [2.75, 3.05) is 20.2 Å². The molecule has 2 N–H and O–H groups in total. The zero-order chi connectivity index (χ0) is 22.1. The Labute approximate surface area is 185 Å². The van der Waals surface area contributed by atoms with Crippen LogP contribution in [0.4, 0.5) is 0 Å². The van der Waals surface area contributed by atoms with Crippen molar-refractivity contribution in [1.29, 1.82) is 0 Å². The van der Waals surface area contributed by atoms with Crippen molar-refractivity contribution in [1.82, 2.24) is 19.6 Å². The Morgan fingerprint density at radius 1 is 1.29 bits per heavy atom. The van der Waals surface area contributed by atoms with Gasteiger partial charge in [-0.05, 0) is 24.3 Å². The summed E-state index contributed by atoms with van der Waals surface area (Å²) < 4.78 is 7.47. The first-order chi connectivity index (χ1) is 14.9. The molecule has 0 fully saturated rings. The topological polar surface area (TPSA) is 122 Å². The highest BCUT2D eigenvalue weighted by molar-refractivity contribution is 7.19. The Kier molecular flexibility index (Phi) is 5.77. The number of para-hydroxylation sites is 1. The number of carboxylic acid groups (broad SMARTS) is 1. The van der Waals surface area contributed by atoms with Crippen LogP contribution in [0, 0.1) is 0 Å². The van der Waals surface area contributed by atoms with Crippen LogP contribution in [0.5, 0.6) is 0 Å². The number of fused-ring (bicyclic) bond motifs is 1. The van der Waals surface area contributed by atoms with E-state index in [0.717, 1.165) is 4.88 Å². The number of imidazole rings is 1. The third kappa shape index (κ3) is 4.05. The second-order valence-electron chi connectivity index (χ2n) is 6.74. The summed E-state index contributed by atoms with van der Waals surface area (Å²) in [5.74, 6) is -1.29. The van der Waals surface area contributed by atoms with Gasteiger partial charge in [0.1, 0.15) is 11.2 Å². The van der Waals surface area contributed by atoms with Crippen LogP contribution < -0.4 is 0 Å². The van der Waals surface area contributed by atoms with Gasteiger partial charge in [0, 0.05) is 19.7 Å². The Balaban J connectivity index is 1.75. The van der Waals surface area contributed by atoms with E-state index in [1.807, 2.05) is 6.07 Å². The third-order valence-electron chi connectivity index (χ3n) is 4.68. The van der Waals surface area contributed by atoms with Gasteiger partial charge in [-0.3, -0.25) is 4.79 Å². The number of thiophene rings is 1. The van der Waals surface area contributed by atoms with Crippen LogP contribution in [0.15, 0.2) is 40.9 Å². The second kappa shape index (κ2) is 8.50. The Bertz CT molecular complexity index is 1280. The number of hydrogen-bond donors (Lipinski definition) is 2. The molecule has 0 aliphatic rings. The van der Waals surface area contributed by atoms with Crippen LogP contribution in [0.3, 0.4) is 0 Å². The quantitative estimate of drug-likeness (QED) is 0.434. The number of aliphatic hydroxyl groups excluding tert-OH is 1. The molecule has 0 saturated carbocycles. The number of carbonyl (C=O) groups excluding carboxylic acids is 1. The molecule has 4 rings (SSSR count). The predicted octanol–water partition coefficient (Wildman–Crippen LogP) is 3.22. The Morgan fingerprint density at radius 3 is 2.77 bits per heavy atom. The van der Waals surface area contributed by atoms with Gasteiger partial charge in [-0.2, -0.15) is 0 Å². The lowest BCUT2D eigenvalue weighted by Crippen LogP contribution is -2.29. The van der Waals surface area contributed by atoms with Crippen molar-refractivity contribution >= 4 is 45.8 Å². The minimum absolute atomic E-state index is 0.0882. The molecule has 3 aromatic heterocycles. The zero-order valence-electron chi connectivity index (χ0n) is 16.3. The number of likely N-dealkylation sites (N-methyl/N-ethyl adjacent to an activating group) is 1. The normalized spacial score (nSPS) is 11.2. The molecule has 0 spiro atoms. The number of nitrogens with zero attached hydrogens (tertiary/aromatic N) is 4. The van der Waals surface area contributed by atoms with E-state index in [0.29, 0.717) is 21.3 Å². The lowest BCUT2D eigenvalue weighted by molar-refractivity contribution is 0.0678. The van der Waals surface area contributed by atoms with E-state index in [-0.39, 0.29) is 42.5 Å². The van der Waals surface area contributed by atoms with E-state index in [1.165, 1.54) is 20.8 Å². The van der Waals surface area contributed by atoms with Gasteiger partial charge >= 0.3 is 5.97 Å². The lowest BCUT2D eigenvalue weighted by atomic mass is 10.1. The maximum Gasteiger partial charge on any atom is 0.372 e. The number of benzene rings is 1. The maximum absolute atomic E-state index is 12.7. The summed E-state index contributed by atoms with van der Waals surface area (Å²) in [7, 11) is 1.56. The molecule has 160 valence electrons. The van der Waals surface area contributed by atoms with Crippen molar-refractivity contribution in [3.05, 3.63) is 57.8 Å². The van der Waals surface area contributed by atoms with Crippen molar-refractivity contribution in [2.45, 2.75) is 6.54 Å². The molecule has 1 amide bonds. The highest BCUT2D eigenvalue weighted by Gasteiger charge is 2.23. The molecule has 11 heteroatoms. The fourth-order valence-electron chi connectivity index (χ4n) is 3.21. The van der Waals surface area contributed by atoms with Crippen molar-refractivity contribution in [2.24, 2.45) is 0 Å². The van der Waals surface area contributed by atoms with Gasteiger partial charge < -0.3 is 24.2 Å². The molecule has 0 aliphatic heterocycles. The first-order valence-corrected chi connectivity index (χ1v) is 10.4. The number of carboxylic acids is 1. The van der Waals surface area contributed by atoms with E-state index >= 15 is 0 Å². The average molecular weight is 461 g/mol. The standard InChI is InChI=1S/C20H17ClN4O5S/c1-24(7-8-26)19(27)12-3-2-4-13-17(12)22-18(20(28)29)25(13)10-11-9-14(30-23-11)15-5-6-16(21)31-15/h2-6,9,26H,7-8,10H2,1H3,(H,28,29). The molecule has 0 radical (unpaired) electrons. The van der Waals surface area contributed by atoms with Crippen LogP contribution in [0.2, 0.25) is 4.34 Å².